The van der Waals surface area contributed by atoms with Crippen LogP contribution >= 0.6 is 27.9 Å². The summed E-state index contributed by atoms with van der Waals surface area (Å²) in [5.41, 5.74) is 0. The standard InChI is InChI=1S/C3H4BrClO2/c4-7-3(6)1-2-5/h1-2H2. The highest BCUT2D eigenvalue weighted by Crippen LogP contribution is 1.92. The second kappa shape index (κ2) is 4.40. The zero-order valence-corrected chi connectivity index (χ0v) is 5.83. The molecule has 0 saturated carbocycles. The number of carbonyl (C=O) groups excluding carboxylic acids is 1. The van der Waals surface area contributed by atoms with Crippen LogP contribution in [0.1, 0.15) is 6.42 Å². The van der Waals surface area contributed by atoms with Gasteiger partial charge < -0.3 is 3.83 Å². The molecule has 0 aromatic rings. The van der Waals surface area contributed by atoms with Gasteiger partial charge >= 0.3 is 5.97 Å². The zero-order chi connectivity index (χ0) is 5.70. The van der Waals surface area contributed by atoms with E-state index in [1.165, 1.54) is 0 Å². The van der Waals surface area contributed by atoms with Crippen LogP contribution in [0.25, 0.3) is 0 Å². The van der Waals surface area contributed by atoms with Crippen LogP contribution in [0.15, 0.2) is 0 Å². The quantitative estimate of drug-likeness (QED) is 0.612. The van der Waals surface area contributed by atoms with Crippen molar-refractivity contribution in [2.75, 3.05) is 5.88 Å². The summed E-state index contributed by atoms with van der Waals surface area (Å²) in [5.74, 6) is -0.0280. The van der Waals surface area contributed by atoms with Gasteiger partial charge in [0.25, 0.3) is 0 Å². The van der Waals surface area contributed by atoms with Crippen molar-refractivity contribution < 1.29 is 8.62 Å². The molecule has 0 aromatic heterocycles. The van der Waals surface area contributed by atoms with Gasteiger partial charge in [0.2, 0.25) is 0 Å². The fraction of sp³-hybridized carbons (Fsp3) is 0.667. The van der Waals surface area contributed by atoms with Gasteiger partial charge in [-0.3, -0.25) is 4.79 Å². The van der Waals surface area contributed by atoms with Gasteiger partial charge in [-0.2, -0.15) is 0 Å². The average molecular weight is 187 g/mol. The Hall–Kier alpha value is 0.240. The molecule has 0 spiro atoms. The Morgan fingerprint density at radius 1 is 1.86 bits per heavy atom. The minimum Gasteiger partial charge on any atom is -0.383 e. The van der Waals surface area contributed by atoms with Crippen molar-refractivity contribution in [1.82, 2.24) is 0 Å². The lowest BCUT2D eigenvalue weighted by Crippen LogP contribution is -1.95. The first-order valence-corrected chi connectivity index (χ1v) is 2.87. The molecule has 0 N–H and O–H groups in total. The summed E-state index contributed by atoms with van der Waals surface area (Å²) >= 11 is 7.66. The molecule has 0 heterocycles. The molecular weight excluding hydrogens is 183 g/mol. The summed E-state index contributed by atoms with van der Waals surface area (Å²) in [6, 6.07) is 0. The van der Waals surface area contributed by atoms with Crippen molar-refractivity contribution in [3.05, 3.63) is 0 Å². The predicted molar refractivity (Wildman–Crippen MR) is 30.4 cm³/mol. The Morgan fingerprint density at radius 3 is 2.57 bits per heavy atom. The third-order valence-electron chi connectivity index (χ3n) is 0.385. The van der Waals surface area contributed by atoms with Gasteiger partial charge in [0.15, 0.2) is 16.3 Å². The SMILES string of the molecule is O=C(CCCl)OBr. The lowest BCUT2D eigenvalue weighted by atomic mass is 10.5. The van der Waals surface area contributed by atoms with Crippen LogP contribution in [-0.4, -0.2) is 11.8 Å². The smallest absolute Gasteiger partial charge is 0.318 e. The van der Waals surface area contributed by atoms with Crippen molar-refractivity contribution in [2.24, 2.45) is 0 Å². The summed E-state index contributed by atoms with van der Waals surface area (Å²) in [6.45, 7) is 0. The summed E-state index contributed by atoms with van der Waals surface area (Å²) in [5, 5.41) is 0. The largest absolute Gasteiger partial charge is 0.383 e. The van der Waals surface area contributed by atoms with E-state index in [4.69, 9.17) is 11.6 Å². The summed E-state index contributed by atoms with van der Waals surface area (Å²) in [7, 11) is 0. The third-order valence-corrected chi connectivity index (χ3v) is 0.935. The maximum absolute atomic E-state index is 10.1. The van der Waals surface area contributed by atoms with Crippen LogP contribution in [0.4, 0.5) is 0 Å². The molecule has 0 rings (SSSR count). The zero-order valence-electron chi connectivity index (χ0n) is 3.49. The lowest BCUT2D eigenvalue weighted by Gasteiger charge is -1.86. The van der Waals surface area contributed by atoms with E-state index in [1.807, 2.05) is 0 Å². The van der Waals surface area contributed by atoms with Gasteiger partial charge in [-0.05, 0) is 0 Å². The average Bonchev–Trinajstić information content (AvgIpc) is 1.68. The topological polar surface area (TPSA) is 26.3 Å². The van der Waals surface area contributed by atoms with E-state index in [2.05, 4.69) is 20.1 Å². The summed E-state index contributed by atoms with van der Waals surface area (Å²) in [6.07, 6.45) is 0.257. The van der Waals surface area contributed by atoms with E-state index < -0.39 is 0 Å². The van der Waals surface area contributed by atoms with E-state index in [0.717, 1.165) is 0 Å². The maximum Gasteiger partial charge on any atom is 0.318 e. The van der Waals surface area contributed by atoms with E-state index in [-0.39, 0.29) is 12.4 Å². The molecule has 0 saturated heterocycles. The number of rotatable bonds is 2. The minimum atomic E-state index is -0.338. The van der Waals surface area contributed by atoms with E-state index in [1.54, 1.807) is 0 Å². The van der Waals surface area contributed by atoms with Gasteiger partial charge in [0.05, 0.1) is 6.42 Å². The van der Waals surface area contributed by atoms with Gasteiger partial charge in [0.1, 0.15) is 0 Å². The second-order valence-electron chi connectivity index (χ2n) is 0.888. The molecule has 7 heavy (non-hydrogen) atoms. The van der Waals surface area contributed by atoms with Crippen LogP contribution in [0.3, 0.4) is 0 Å². The minimum absolute atomic E-state index is 0.257. The van der Waals surface area contributed by atoms with E-state index >= 15 is 0 Å². The molecule has 0 aliphatic heterocycles. The summed E-state index contributed by atoms with van der Waals surface area (Å²) < 4.78 is 4.08. The molecule has 0 aliphatic rings. The van der Waals surface area contributed by atoms with E-state index in [0.29, 0.717) is 5.88 Å². The Kier molecular flexibility index (Phi) is 4.55. The van der Waals surface area contributed by atoms with Crippen molar-refractivity contribution >= 4 is 33.8 Å². The number of hydrogen-bond acceptors (Lipinski definition) is 2. The Balaban J connectivity index is 3.00. The summed E-state index contributed by atoms with van der Waals surface area (Å²) in [4.78, 5) is 10.1. The highest BCUT2D eigenvalue weighted by Gasteiger charge is 1.95. The monoisotopic (exact) mass is 186 g/mol. The molecular formula is C3H4BrClO2. The van der Waals surface area contributed by atoms with Crippen molar-refractivity contribution in [2.45, 2.75) is 6.42 Å². The second-order valence-corrected chi connectivity index (χ2v) is 1.59. The fourth-order valence-corrected chi connectivity index (χ4v) is 0.432. The Morgan fingerprint density at radius 2 is 2.43 bits per heavy atom. The molecule has 0 unspecified atom stereocenters. The molecule has 0 aliphatic carbocycles. The molecule has 0 amide bonds. The first-order valence-electron chi connectivity index (χ1n) is 1.68. The number of halogens is 2. The van der Waals surface area contributed by atoms with Crippen LogP contribution in [0.5, 0.6) is 0 Å². The van der Waals surface area contributed by atoms with E-state index in [9.17, 15) is 4.79 Å². The number of alkyl halides is 1. The van der Waals surface area contributed by atoms with Crippen LogP contribution in [0, 0.1) is 0 Å². The van der Waals surface area contributed by atoms with Crippen molar-refractivity contribution in [1.29, 1.82) is 0 Å². The fourth-order valence-electron chi connectivity index (χ4n) is 0.116. The van der Waals surface area contributed by atoms with Gasteiger partial charge in [-0.25, -0.2) is 0 Å². The number of carbonyl (C=O) groups is 1. The molecule has 4 heteroatoms. The van der Waals surface area contributed by atoms with Gasteiger partial charge in [0, 0.05) is 5.88 Å². The predicted octanol–water partition coefficient (Wildman–Crippen LogP) is 1.47. The molecule has 42 valence electrons. The maximum atomic E-state index is 10.1. The molecule has 0 fully saturated rings. The molecule has 0 bridgehead atoms. The molecule has 2 nitrogen and oxygen atoms in total. The lowest BCUT2D eigenvalue weighted by molar-refractivity contribution is -0.131. The van der Waals surface area contributed by atoms with Crippen LogP contribution < -0.4 is 0 Å². The van der Waals surface area contributed by atoms with Gasteiger partial charge in [-0.15, -0.1) is 11.6 Å². The highest BCUT2D eigenvalue weighted by molar-refractivity contribution is 9.06. The third kappa shape index (κ3) is 4.09. The highest BCUT2D eigenvalue weighted by atomic mass is 79.9. The number of hydrogen-bond donors (Lipinski definition) is 0. The van der Waals surface area contributed by atoms with Crippen molar-refractivity contribution in [3.8, 4) is 0 Å². The first kappa shape index (κ1) is 7.24. The molecule has 0 atom stereocenters. The molecule has 0 radical (unpaired) electrons. The van der Waals surface area contributed by atoms with Crippen LogP contribution in [-0.2, 0) is 8.62 Å². The Labute approximate surface area is 55.2 Å². The molecule has 0 aromatic carbocycles. The first-order chi connectivity index (χ1) is 3.31. The normalized spacial score (nSPS) is 8.29. The van der Waals surface area contributed by atoms with Gasteiger partial charge in [-0.1, -0.05) is 0 Å². The van der Waals surface area contributed by atoms with Crippen LogP contribution in [0.2, 0.25) is 0 Å². The Bertz CT molecular complexity index is 66.0. The van der Waals surface area contributed by atoms with Crippen molar-refractivity contribution in [3.63, 3.8) is 0 Å².